The van der Waals surface area contributed by atoms with Gasteiger partial charge < -0.3 is 14.9 Å². The third-order valence-electron chi connectivity index (χ3n) is 2.96. The van der Waals surface area contributed by atoms with Crippen molar-refractivity contribution >= 4 is 0 Å². The van der Waals surface area contributed by atoms with Crippen LogP contribution in [0.2, 0.25) is 0 Å². The Morgan fingerprint density at radius 1 is 1.50 bits per heavy atom. The molecule has 0 aromatic carbocycles. The maximum absolute atomic E-state index is 9.37. The molecule has 0 amide bonds. The van der Waals surface area contributed by atoms with Gasteiger partial charge in [0, 0.05) is 18.2 Å². The molecule has 2 atom stereocenters. The number of rotatable bonds is 3. The van der Waals surface area contributed by atoms with E-state index in [1.807, 2.05) is 13.8 Å². The molecule has 0 spiro atoms. The average Bonchev–Trinajstić information content (AvgIpc) is 2.46. The van der Waals surface area contributed by atoms with Crippen LogP contribution in [-0.4, -0.2) is 22.4 Å². The lowest BCUT2D eigenvalue weighted by molar-refractivity contribution is 0.0492. The van der Waals surface area contributed by atoms with Gasteiger partial charge in [0.1, 0.15) is 5.76 Å². The van der Waals surface area contributed by atoms with Crippen LogP contribution < -0.4 is 5.32 Å². The number of aliphatic hydroxyl groups excluding tert-OH is 1. The summed E-state index contributed by atoms with van der Waals surface area (Å²) >= 11 is 0. The highest BCUT2D eigenvalue weighted by Crippen LogP contribution is 2.20. The van der Waals surface area contributed by atoms with E-state index in [1.165, 1.54) is 0 Å². The van der Waals surface area contributed by atoms with Crippen molar-refractivity contribution in [3.8, 4) is 0 Å². The van der Waals surface area contributed by atoms with Crippen LogP contribution in [0.1, 0.15) is 29.9 Å². The van der Waals surface area contributed by atoms with Gasteiger partial charge in [0.2, 0.25) is 0 Å². The molecule has 0 aliphatic heterocycles. The Bertz CT molecular complexity index is 302. The molecule has 0 saturated heterocycles. The summed E-state index contributed by atoms with van der Waals surface area (Å²) in [6, 6.07) is 0.253. The zero-order chi connectivity index (χ0) is 10.1. The first kappa shape index (κ1) is 9.68. The third-order valence-corrected chi connectivity index (χ3v) is 2.96. The summed E-state index contributed by atoms with van der Waals surface area (Å²) in [5, 5.41) is 16.6. The quantitative estimate of drug-likeness (QED) is 0.754. The second-order valence-electron chi connectivity index (χ2n) is 3.93. The first-order chi connectivity index (χ1) is 6.68. The summed E-state index contributed by atoms with van der Waals surface area (Å²) in [6.07, 6.45) is 1.81. The van der Waals surface area contributed by atoms with Gasteiger partial charge in [-0.05, 0) is 26.7 Å². The van der Waals surface area contributed by atoms with Gasteiger partial charge in [-0.3, -0.25) is 0 Å². The van der Waals surface area contributed by atoms with Crippen LogP contribution in [0.3, 0.4) is 0 Å². The van der Waals surface area contributed by atoms with E-state index in [4.69, 9.17) is 4.52 Å². The summed E-state index contributed by atoms with van der Waals surface area (Å²) in [7, 11) is 0. The SMILES string of the molecule is Cc1noc(C)c1CNC1CCC1O. The van der Waals surface area contributed by atoms with Gasteiger partial charge in [-0.15, -0.1) is 0 Å². The Kier molecular flexibility index (Phi) is 2.56. The van der Waals surface area contributed by atoms with Gasteiger partial charge in [0.15, 0.2) is 0 Å². The lowest BCUT2D eigenvalue weighted by atomic mass is 9.89. The van der Waals surface area contributed by atoms with Crippen LogP contribution in [-0.2, 0) is 6.54 Å². The third kappa shape index (κ3) is 1.67. The zero-order valence-corrected chi connectivity index (χ0v) is 8.58. The minimum absolute atomic E-state index is 0.171. The lowest BCUT2D eigenvalue weighted by Crippen LogP contribution is -2.47. The van der Waals surface area contributed by atoms with Crippen molar-refractivity contribution in [1.29, 1.82) is 0 Å². The molecule has 1 fully saturated rings. The van der Waals surface area contributed by atoms with Gasteiger partial charge in [0.05, 0.1) is 11.8 Å². The van der Waals surface area contributed by atoms with E-state index in [-0.39, 0.29) is 12.1 Å². The summed E-state index contributed by atoms with van der Waals surface area (Å²) in [5.74, 6) is 0.865. The Labute approximate surface area is 83.3 Å². The maximum atomic E-state index is 9.37. The highest BCUT2D eigenvalue weighted by molar-refractivity contribution is 5.20. The Morgan fingerprint density at radius 3 is 2.71 bits per heavy atom. The van der Waals surface area contributed by atoms with E-state index in [0.29, 0.717) is 0 Å². The topological polar surface area (TPSA) is 58.3 Å². The van der Waals surface area contributed by atoms with Gasteiger partial charge in [-0.25, -0.2) is 0 Å². The number of aliphatic hydroxyl groups is 1. The van der Waals surface area contributed by atoms with Crippen molar-refractivity contribution in [3.05, 3.63) is 17.0 Å². The fourth-order valence-corrected chi connectivity index (χ4v) is 1.71. The summed E-state index contributed by atoms with van der Waals surface area (Å²) in [4.78, 5) is 0. The van der Waals surface area contributed by atoms with Gasteiger partial charge in [-0.1, -0.05) is 5.16 Å². The average molecular weight is 196 g/mol. The maximum Gasteiger partial charge on any atom is 0.138 e. The second kappa shape index (κ2) is 3.71. The fraction of sp³-hybridized carbons (Fsp3) is 0.700. The number of aromatic nitrogens is 1. The largest absolute Gasteiger partial charge is 0.392 e. The smallest absolute Gasteiger partial charge is 0.138 e. The Morgan fingerprint density at radius 2 is 2.29 bits per heavy atom. The molecule has 2 unspecified atom stereocenters. The van der Waals surface area contributed by atoms with Gasteiger partial charge in [0.25, 0.3) is 0 Å². The molecule has 1 aromatic rings. The second-order valence-corrected chi connectivity index (χ2v) is 3.93. The van der Waals surface area contributed by atoms with Crippen LogP contribution in [0.4, 0.5) is 0 Å². The number of hydrogen-bond acceptors (Lipinski definition) is 4. The van der Waals surface area contributed by atoms with Gasteiger partial charge >= 0.3 is 0 Å². The van der Waals surface area contributed by atoms with E-state index in [1.54, 1.807) is 0 Å². The van der Waals surface area contributed by atoms with Crippen molar-refractivity contribution in [2.24, 2.45) is 0 Å². The number of aryl methyl sites for hydroxylation is 2. The molecule has 14 heavy (non-hydrogen) atoms. The predicted octanol–water partition coefficient (Wildman–Crippen LogP) is 0.904. The van der Waals surface area contributed by atoms with Crippen molar-refractivity contribution in [2.75, 3.05) is 0 Å². The molecular weight excluding hydrogens is 180 g/mol. The van der Waals surface area contributed by atoms with Crippen LogP contribution in [0.5, 0.6) is 0 Å². The molecule has 1 aliphatic carbocycles. The molecule has 1 aliphatic rings. The minimum Gasteiger partial charge on any atom is -0.392 e. The van der Waals surface area contributed by atoms with Crippen molar-refractivity contribution in [3.63, 3.8) is 0 Å². The minimum atomic E-state index is -0.171. The zero-order valence-electron chi connectivity index (χ0n) is 8.58. The van der Waals surface area contributed by atoms with Crippen molar-refractivity contribution in [2.45, 2.75) is 45.4 Å². The van der Waals surface area contributed by atoms with E-state index in [0.717, 1.165) is 36.4 Å². The van der Waals surface area contributed by atoms with E-state index >= 15 is 0 Å². The normalized spacial score (nSPS) is 26.2. The molecule has 0 bridgehead atoms. The number of nitrogens with zero attached hydrogens (tertiary/aromatic N) is 1. The molecule has 4 heteroatoms. The molecule has 2 rings (SSSR count). The van der Waals surface area contributed by atoms with Crippen LogP contribution in [0, 0.1) is 13.8 Å². The van der Waals surface area contributed by atoms with Crippen LogP contribution >= 0.6 is 0 Å². The first-order valence-corrected chi connectivity index (χ1v) is 5.01. The summed E-state index contributed by atoms with van der Waals surface area (Å²) in [5.41, 5.74) is 2.05. The predicted molar refractivity (Wildman–Crippen MR) is 51.8 cm³/mol. The fourth-order valence-electron chi connectivity index (χ4n) is 1.71. The molecule has 1 heterocycles. The molecule has 78 valence electrons. The molecule has 4 nitrogen and oxygen atoms in total. The monoisotopic (exact) mass is 196 g/mol. The Hall–Kier alpha value is -0.870. The summed E-state index contributed by atoms with van der Waals surface area (Å²) < 4.78 is 5.05. The standard InChI is InChI=1S/C10H16N2O2/c1-6-8(7(2)14-12-6)5-11-9-3-4-10(9)13/h9-11,13H,3-5H2,1-2H3. The molecule has 0 radical (unpaired) electrons. The van der Waals surface area contributed by atoms with Crippen molar-refractivity contribution in [1.82, 2.24) is 10.5 Å². The van der Waals surface area contributed by atoms with E-state index < -0.39 is 0 Å². The summed E-state index contributed by atoms with van der Waals surface area (Å²) in [6.45, 7) is 4.59. The van der Waals surface area contributed by atoms with E-state index in [9.17, 15) is 5.11 Å². The molecule has 1 aromatic heterocycles. The van der Waals surface area contributed by atoms with E-state index in [2.05, 4.69) is 10.5 Å². The van der Waals surface area contributed by atoms with Gasteiger partial charge in [-0.2, -0.15) is 0 Å². The lowest BCUT2D eigenvalue weighted by Gasteiger charge is -2.33. The highest BCUT2D eigenvalue weighted by atomic mass is 16.5. The van der Waals surface area contributed by atoms with Crippen LogP contribution in [0.15, 0.2) is 4.52 Å². The van der Waals surface area contributed by atoms with Crippen molar-refractivity contribution < 1.29 is 9.63 Å². The Balaban J connectivity index is 1.91. The van der Waals surface area contributed by atoms with Crippen LogP contribution in [0.25, 0.3) is 0 Å². The number of nitrogens with one attached hydrogen (secondary N) is 1. The first-order valence-electron chi connectivity index (χ1n) is 5.01. The highest BCUT2D eigenvalue weighted by Gasteiger charge is 2.28. The molecule has 2 N–H and O–H groups in total. The molecule has 1 saturated carbocycles. The molecular formula is C10H16N2O2. The number of hydrogen-bond donors (Lipinski definition) is 2.